The number of likely N-dealkylation sites (tertiary alicyclic amines) is 3. The van der Waals surface area contributed by atoms with Gasteiger partial charge in [-0.2, -0.15) is 0 Å². The molecule has 0 spiro atoms. The van der Waals surface area contributed by atoms with Gasteiger partial charge in [0.15, 0.2) is 12.9 Å². The third-order valence-electron chi connectivity index (χ3n) is 11.7. The van der Waals surface area contributed by atoms with Gasteiger partial charge in [0.2, 0.25) is 0 Å². The van der Waals surface area contributed by atoms with Crippen LogP contribution in [0, 0.1) is 19.8 Å². The third-order valence-corrected chi connectivity index (χ3v) is 11.7. The van der Waals surface area contributed by atoms with Gasteiger partial charge in [-0.3, -0.25) is 9.59 Å². The molecule has 4 heterocycles. The molecule has 2 aromatic carbocycles. The number of aliphatic hydroxyl groups is 1. The number of rotatable bonds is 10. The molecule has 3 saturated heterocycles. The van der Waals surface area contributed by atoms with Crippen molar-refractivity contribution >= 4 is 29.7 Å². The lowest BCUT2D eigenvalue weighted by Gasteiger charge is -2.42. The van der Waals surface area contributed by atoms with Crippen molar-refractivity contribution in [2.75, 3.05) is 57.9 Å². The molecule has 3 N–H and O–H groups in total. The van der Waals surface area contributed by atoms with Crippen LogP contribution in [0.5, 0.6) is 5.75 Å². The largest absolute Gasteiger partial charge is 0.507 e. The van der Waals surface area contributed by atoms with Gasteiger partial charge in [0.1, 0.15) is 5.75 Å². The van der Waals surface area contributed by atoms with Crippen molar-refractivity contribution < 1.29 is 38.9 Å². The Hall–Kier alpha value is -4.36. The van der Waals surface area contributed by atoms with E-state index in [0.717, 1.165) is 68.4 Å². The van der Waals surface area contributed by atoms with Gasteiger partial charge in [0.05, 0.1) is 0 Å². The SMILES string of the molecule is Cc1cc(C[C@@H](OC(=O)N2CCC(N3CCc4ccccc4NC3=O)CC2)C(=O)N2CCC(N3CCC(CCC(=O)OCO)CC3)CC2)cc(C)c1O. The number of esters is 1. The summed E-state index contributed by atoms with van der Waals surface area (Å²) >= 11 is 0. The van der Waals surface area contributed by atoms with Crippen LogP contribution < -0.4 is 5.32 Å². The van der Waals surface area contributed by atoms with Crippen molar-refractivity contribution in [3.8, 4) is 5.75 Å². The number of amides is 4. The number of anilines is 1. The molecule has 6 rings (SSSR count). The number of phenols is 1. The number of phenolic OH excluding ortho intramolecular Hbond substituents is 1. The first-order valence-electron chi connectivity index (χ1n) is 19.3. The van der Waals surface area contributed by atoms with Gasteiger partial charge < -0.3 is 44.6 Å². The summed E-state index contributed by atoms with van der Waals surface area (Å²) in [5.41, 5.74) is 4.18. The molecule has 4 aliphatic heterocycles. The molecular formula is C40H55N5O8. The number of hydrogen-bond acceptors (Lipinski definition) is 9. The zero-order valence-corrected chi connectivity index (χ0v) is 31.1. The molecular weight excluding hydrogens is 678 g/mol. The highest BCUT2D eigenvalue weighted by Crippen LogP contribution is 2.29. The zero-order valence-electron chi connectivity index (χ0n) is 31.1. The van der Waals surface area contributed by atoms with Crippen molar-refractivity contribution in [2.45, 2.75) is 96.2 Å². The summed E-state index contributed by atoms with van der Waals surface area (Å²) in [6, 6.07) is 11.8. The van der Waals surface area contributed by atoms with Crippen molar-refractivity contribution in [1.29, 1.82) is 0 Å². The van der Waals surface area contributed by atoms with Gasteiger partial charge in [-0.15, -0.1) is 0 Å². The van der Waals surface area contributed by atoms with E-state index in [1.165, 1.54) is 0 Å². The highest BCUT2D eigenvalue weighted by molar-refractivity contribution is 5.91. The molecule has 4 aliphatic rings. The highest BCUT2D eigenvalue weighted by atomic mass is 16.6. The van der Waals surface area contributed by atoms with Crippen LogP contribution in [0.2, 0.25) is 0 Å². The Morgan fingerprint density at radius 1 is 0.868 bits per heavy atom. The van der Waals surface area contributed by atoms with Gasteiger partial charge in [0, 0.05) is 63.3 Å². The predicted molar refractivity (Wildman–Crippen MR) is 198 cm³/mol. The first-order chi connectivity index (χ1) is 25.6. The lowest BCUT2D eigenvalue weighted by molar-refractivity contribution is -0.152. The Labute approximate surface area is 312 Å². The number of carbonyl (C=O) groups excluding carboxylic acids is 4. The van der Waals surface area contributed by atoms with E-state index in [1.807, 2.05) is 60.0 Å². The monoisotopic (exact) mass is 733 g/mol. The number of nitrogens with one attached hydrogen (secondary N) is 1. The first kappa shape index (κ1) is 38.4. The number of aryl methyl sites for hydroxylation is 2. The fraction of sp³-hybridized carbons (Fsp3) is 0.600. The number of hydrogen-bond donors (Lipinski definition) is 3. The standard InChI is InChI=1S/C40H55N5O8/c1-27-23-30(24-28(2)37(27)48)25-35(38(49)43-18-12-32(13-19-43)42-16-9-29(10-17-42)7-8-36(47)52-26-46)53-40(51)44-20-14-33(15-21-44)45-22-11-31-5-3-4-6-34(31)41-39(45)50/h3-6,23-24,29,32-33,35,46,48H,7-22,25-26H2,1-2H3,(H,41,50)/t35-/m1/s1. The van der Waals surface area contributed by atoms with Crippen LogP contribution in [-0.4, -0.2) is 125 Å². The maximum absolute atomic E-state index is 14.1. The molecule has 1 atom stereocenters. The van der Waals surface area contributed by atoms with Gasteiger partial charge >= 0.3 is 18.1 Å². The lowest BCUT2D eigenvalue weighted by Crippen LogP contribution is -2.53. The Bertz CT molecular complexity index is 1590. The second-order valence-electron chi connectivity index (χ2n) is 15.1. The molecule has 53 heavy (non-hydrogen) atoms. The molecule has 0 radical (unpaired) electrons. The maximum atomic E-state index is 14.1. The molecule has 0 aliphatic carbocycles. The summed E-state index contributed by atoms with van der Waals surface area (Å²) in [4.78, 5) is 60.5. The topological polar surface area (TPSA) is 152 Å². The van der Waals surface area contributed by atoms with Gasteiger partial charge in [-0.25, -0.2) is 9.59 Å². The highest BCUT2D eigenvalue weighted by Gasteiger charge is 2.37. The number of urea groups is 1. The second kappa shape index (κ2) is 17.6. The van der Waals surface area contributed by atoms with Crippen LogP contribution in [0.1, 0.15) is 73.6 Å². The number of piperidine rings is 3. The van der Waals surface area contributed by atoms with Crippen LogP contribution in [0.3, 0.4) is 0 Å². The molecule has 13 heteroatoms. The zero-order chi connectivity index (χ0) is 37.5. The summed E-state index contributed by atoms with van der Waals surface area (Å²) in [5.74, 6) is 0.110. The number of fused-ring (bicyclic) bond motifs is 1. The minimum Gasteiger partial charge on any atom is -0.507 e. The van der Waals surface area contributed by atoms with E-state index in [2.05, 4.69) is 15.0 Å². The van der Waals surface area contributed by atoms with Gasteiger partial charge in [-0.05, 0) is 113 Å². The Balaban J connectivity index is 1.03. The normalized spacial score (nSPS) is 20.0. The van der Waals surface area contributed by atoms with Crippen LogP contribution in [-0.2, 0) is 31.9 Å². The Morgan fingerprint density at radius 3 is 2.19 bits per heavy atom. The van der Waals surface area contributed by atoms with E-state index in [-0.39, 0.29) is 36.1 Å². The number of ether oxygens (including phenoxy) is 2. The van der Waals surface area contributed by atoms with Crippen molar-refractivity contribution in [1.82, 2.24) is 19.6 Å². The lowest BCUT2D eigenvalue weighted by atomic mass is 9.90. The van der Waals surface area contributed by atoms with Crippen molar-refractivity contribution in [2.24, 2.45) is 5.92 Å². The minimum absolute atomic E-state index is 0.00325. The van der Waals surface area contributed by atoms with Crippen molar-refractivity contribution in [3.63, 3.8) is 0 Å². The maximum Gasteiger partial charge on any atom is 0.410 e. The number of benzene rings is 2. The summed E-state index contributed by atoms with van der Waals surface area (Å²) in [5, 5.41) is 22.2. The smallest absolute Gasteiger partial charge is 0.410 e. The Kier molecular flexibility index (Phi) is 12.8. The van der Waals surface area contributed by atoms with E-state index in [0.29, 0.717) is 75.1 Å². The first-order valence-corrected chi connectivity index (χ1v) is 19.3. The van der Waals surface area contributed by atoms with E-state index in [4.69, 9.17) is 9.84 Å². The number of para-hydroxylation sites is 1. The molecule has 0 saturated carbocycles. The summed E-state index contributed by atoms with van der Waals surface area (Å²) in [7, 11) is 0. The van der Waals surface area contributed by atoms with E-state index >= 15 is 0 Å². The van der Waals surface area contributed by atoms with Crippen LogP contribution in [0.4, 0.5) is 15.3 Å². The van der Waals surface area contributed by atoms with Crippen LogP contribution in [0.15, 0.2) is 36.4 Å². The third kappa shape index (κ3) is 9.61. The fourth-order valence-electron chi connectivity index (χ4n) is 8.58. The molecule has 288 valence electrons. The molecule has 0 unspecified atom stereocenters. The molecule has 0 bridgehead atoms. The predicted octanol–water partition coefficient (Wildman–Crippen LogP) is 4.59. The molecule has 13 nitrogen and oxygen atoms in total. The fourth-order valence-corrected chi connectivity index (χ4v) is 8.58. The average molecular weight is 734 g/mol. The molecule has 4 amide bonds. The molecule has 0 aromatic heterocycles. The number of carbonyl (C=O) groups is 4. The molecule has 2 aromatic rings. The second-order valence-corrected chi connectivity index (χ2v) is 15.1. The summed E-state index contributed by atoms with van der Waals surface area (Å²) in [6.45, 7) is 7.57. The summed E-state index contributed by atoms with van der Waals surface area (Å²) < 4.78 is 10.7. The minimum atomic E-state index is -1.01. The summed E-state index contributed by atoms with van der Waals surface area (Å²) in [6.07, 6.45) is 5.44. The number of nitrogens with zero attached hydrogens (tertiary/aromatic N) is 4. The molecule has 3 fully saturated rings. The van der Waals surface area contributed by atoms with Gasteiger partial charge in [-0.1, -0.05) is 30.3 Å². The van der Waals surface area contributed by atoms with E-state index in [1.54, 1.807) is 4.90 Å². The van der Waals surface area contributed by atoms with Crippen LogP contribution >= 0.6 is 0 Å². The average Bonchev–Trinajstić information content (AvgIpc) is 3.34. The quantitative estimate of drug-likeness (QED) is 0.235. The Morgan fingerprint density at radius 2 is 1.51 bits per heavy atom. The van der Waals surface area contributed by atoms with Crippen LogP contribution in [0.25, 0.3) is 0 Å². The number of aliphatic hydroxyl groups excluding tert-OH is 1. The van der Waals surface area contributed by atoms with Crippen molar-refractivity contribution in [3.05, 3.63) is 58.7 Å². The number of aromatic hydroxyl groups is 1. The van der Waals surface area contributed by atoms with Gasteiger partial charge in [0.25, 0.3) is 5.91 Å². The van der Waals surface area contributed by atoms with E-state index in [9.17, 15) is 24.3 Å². The van der Waals surface area contributed by atoms with E-state index < -0.39 is 19.0 Å².